The van der Waals surface area contributed by atoms with Gasteiger partial charge >= 0.3 is 0 Å². The summed E-state index contributed by atoms with van der Waals surface area (Å²) in [5.74, 6) is 0.981. The third-order valence-corrected chi connectivity index (χ3v) is 3.50. The van der Waals surface area contributed by atoms with Crippen LogP contribution in [-0.4, -0.2) is 26.4 Å². The highest BCUT2D eigenvalue weighted by atomic mass is 16.5. The highest BCUT2D eigenvalue weighted by Gasteiger charge is 2.18. The summed E-state index contributed by atoms with van der Waals surface area (Å²) >= 11 is 0. The van der Waals surface area contributed by atoms with Crippen molar-refractivity contribution in [3.8, 4) is 5.75 Å². The van der Waals surface area contributed by atoms with Crippen molar-refractivity contribution in [1.29, 1.82) is 0 Å². The largest absolute Gasteiger partial charge is 0.491 e. The van der Waals surface area contributed by atoms with Gasteiger partial charge in [-0.15, -0.1) is 0 Å². The van der Waals surface area contributed by atoms with Gasteiger partial charge < -0.3 is 14.8 Å². The predicted molar refractivity (Wildman–Crippen MR) is 73.0 cm³/mol. The van der Waals surface area contributed by atoms with Crippen LogP contribution in [0.1, 0.15) is 37.8 Å². The van der Waals surface area contributed by atoms with Gasteiger partial charge in [0.2, 0.25) is 0 Å². The van der Waals surface area contributed by atoms with Crippen LogP contribution in [-0.2, 0) is 4.74 Å². The molecule has 2 unspecified atom stereocenters. The lowest BCUT2D eigenvalue weighted by atomic mass is 10.0. The van der Waals surface area contributed by atoms with Gasteiger partial charge in [0.05, 0.1) is 6.10 Å². The molecule has 18 heavy (non-hydrogen) atoms. The van der Waals surface area contributed by atoms with Crippen LogP contribution in [0.3, 0.4) is 0 Å². The van der Waals surface area contributed by atoms with E-state index in [-0.39, 0.29) is 6.10 Å². The summed E-state index contributed by atoms with van der Waals surface area (Å²) in [7, 11) is 1.99. The molecule has 0 spiro atoms. The van der Waals surface area contributed by atoms with E-state index in [0.29, 0.717) is 12.6 Å². The molecular formula is C15H23NO2. The number of hydrogen-bond acceptors (Lipinski definition) is 3. The SMILES string of the molecule is CCC(NC)c1ccccc1OCC1CCCO1. The number of benzene rings is 1. The van der Waals surface area contributed by atoms with E-state index in [1.807, 2.05) is 19.2 Å². The molecule has 0 amide bonds. The van der Waals surface area contributed by atoms with Crippen molar-refractivity contribution >= 4 is 0 Å². The molecule has 3 nitrogen and oxygen atoms in total. The number of para-hydroxylation sites is 1. The third kappa shape index (κ3) is 3.24. The maximum absolute atomic E-state index is 5.94. The van der Waals surface area contributed by atoms with E-state index in [1.165, 1.54) is 5.56 Å². The second-order valence-electron chi connectivity index (χ2n) is 4.73. The molecule has 3 heteroatoms. The second kappa shape index (κ2) is 6.76. The molecule has 1 heterocycles. The van der Waals surface area contributed by atoms with Crippen LogP contribution in [0.25, 0.3) is 0 Å². The Hall–Kier alpha value is -1.06. The van der Waals surface area contributed by atoms with E-state index in [1.54, 1.807) is 0 Å². The molecule has 100 valence electrons. The monoisotopic (exact) mass is 249 g/mol. The molecule has 1 aliphatic rings. The van der Waals surface area contributed by atoms with Crippen LogP contribution in [0, 0.1) is 0 Å². The molecule has 1 N–H and O–H groups in total. The van der Waals surface area contributed by atoms with E-state index >= 15 is 0 Å². The summed E-state index contributed by atoms with van der Waals surface area (Å²) in [6, 6.07) is 8.62. The van der Waals surface area contributed by atoms with Gasteiger partial charge in [0.1, 0.15) is 12.4 Å². The first-order chi connectivity index (χ1) is 8.85. The van der Waals surface area contributed by atoms with Crippen molar-refractivity contribution in [2.45, 2.75) is 38.3 Å². The van der Waals surface area contributed by atoms with Gasteiger partial charge in [-0.05, 0) is 32.4 Å². The van der Waals surface area contributed by atoms with E-state index in [9.17, 15) is 0 Å². The molecule has 1 fully saturated rings. The highest BCUT2D eigenvalue weighted by molar-refractivity contribution is 5.35. The van der Waals surface area contributed by atoms with E-state index in [2.05, 4.69) is 24.4 Å². The maximum atomic E-state index is 5.94. The normalized spacial score (nSPS) is 20.9. The molecule has 0 bridgehead atoms. The van der Waals surface area contributed by atoms with Gasteiger partial charge in [0.15, 0.2) is 0 Å². The fourth-order valence-electron chi connectivity index (χ4n) is 2.44. The molecule has 0 saturated carbocycles. The second-order valence-corrected chi connectivity index (χ2v) is 4.73. The minimum atomic E-state index is 0.271. The summed E-state index contributed by atoms with van der Waals surface area (Å²) in [6.07, 6.45) is 3.60. The zero-order chi connectivity index (χ0) is 12.8. The number of ether oxygens (including phenoxy) is 2. The van der Waals surface area contributed by atoms with Crippen molar-refractivity contribution in [3.05, 3.63) is 29.8 Å². The van der Waals surface area contributed by atoms with Crippen LogP contribution >= 0.6 is 0 Å². The van der Waals surface area contributed by atoms with Gasteiger partial charge in [0, 0.05) is 18.2 Å². The molecule has 0 aliphatic carbocycles. The summed E-state index contributed by atoms with van der Waals surface area (Å²) in [5.41, 5.74) is 1.24. The van der Waals surface area contributed by atoms with Gasteiger partial charge in [0.25, 0.3) is 0 Å². The minimum absolute atomic E-state index is 0.271. The Morgan fingerprint density at radius 2 is 2.28 bits per heavy atom. The zero-order valence-electron chi connectivity index (χ0n) is 11.3. The molecule has 1 saturated heterocycles. The molecule has 0 aromatic heterocycles. The standard InChI is InChI=1S/C15H23NO2/c1-3-14(16-2)13-8-4-5-9-15(13)18-11-12-7-6-10-17-12/h4-5,8-9,12,14,16H,3,6-7,10-11H2,1-2H3. The number of hydrogen-bond donors (Lipinski definition) is 1. The molecular weight excluding hydrogens is 226 g/mol. The minimum Gasteiger partial charge on any atom is -0.491 e. The van der Waals surface area contributed by atoms with E-state index in [4.69, 9.17) is 9.47 Å². The Balaban J connectivity index is 2.01. The van der Waals surface area contributed by atoms with Crippen LogP contribution in [0.2, 0.25) is 0 Å². The van der Waals surface area contributed by atoms with Crippen molar-refractivity contribution in [2.75, 3.05) is 20.3 Å². The first-order valence-electron chi connectivity index (χ1n) is 6.85. The Kier molecular flexibility index (Phi) is 5.02. The van der Waals surface area contributed by atoms with E-state index in [0.717, 1.165) is 31.6 Å². The summed E-state index contributed by atoms with van der Waals surface area (Å²) in [4.78, 5) is 0. The maximum Gasteiger partial charge on any atom is 0.124 e. The Morgan fingerprint density at radius 3 is 2.94 bits per heavy atom. The molecule has 1 aromatic rings. The van der Waals surface area contributed by atoms with Crippen LogP contribution in [0.15, 0.2) is 24.3 Å². The quantitative estimate of drug-likeness (QED) is 0.841. The van der Waals surface area contributed by atoms with Gasteiger partial charge in [-0.1, -0.05) is 25.1 Å². The number of rotatable bonds is 6. The Bertz CT molecular complexity index is 357. The van der Waals surface area contributed by atoms with Crippen LogP contribution in [0.5, 0.6) is 5.75 Å². The van der Waals surface area contributed by atoms with Gasteiger partial charge in [-0.2, -0.15) is 0 Å². The van der Waals surface area contributed by atoms with Gasteiger partial charge in [-0.25, -0.2) is 0 Å². The molecule has 2 atom stereocenters. The summed E-state index contributed by atoms with van der Waals surface area (Å²) in [5, 5.41) is 3.33. The fourth-order valence-corrected chi connectivity index (χ4v) is 2.44. The lowest BCUT2D eigenvalue weighted by molar-refractivity contribution is 0.0674. The smallest absolute Gasteiger partial charge is 0.124 e. The number of nitrogens with one attached hydrogen (secondary N) is 1. The lowest BCUT2D eigenvalue weighted by Gasteiger charge is -2.20. The molecule has 2 rings (SSSR count). The lowest BCUT2D eigenvalue weighted by Crippen LogP contribution is -2.19. The van der Waals surface area contributed by atoms with Crippen LogP contribution < -0.4 is 10.1 Å². The Morgan fingerprint density at radius 1 is 1.44 bits per heavy atom. The summed E-state index contributed by atoms with van der Waals surface area (Å²) in [6.45, 7) is 3.72. The predicted octanol–water partition coefficient (Wildman–Crippen LogP) is 2.91. The first kappa shape index (κ1) is 13.4. The van der Waals surface area contributed by atoms with Crippen molar-refractivity contribution in [3.63, 3.8) is 0 Å². The van der Waals surface area contributed by atoms with Crippen LogP contribution in [0.4, 0.5) is 0 Å². The third-order valence-electron chi connectivity index (χ3n) is 3.50. The molecule has 0 radical (unpaired) electrons. The fraction of sp³-hybridized carbons (Fsp3) is 0.600. The highest BCUT2D eigenvalue weighted by Crippen LogP contribution is 2.27. The average Bonchev–Trinajstić information content (AvgIpc) is 2.92. The topological polar surface area (TPSA) is 30.5 Å². The van der Waals surface area contributed by atoms with Crippen molar-refractivity contribution < 1.29 is 9.47 Å². The molecule has 1 aliphatic heterocycles. The van der Waals surface area contributed by atoms with Crippen molar-refractivity contribution in [1.82, 2.24) is 5.32 Å². The zero-order valence-corrected chi connectivity index (χ0v) is 11.3. The Labute approximate surface area is 109 Å². The average molecular weight is 249 g/mol. The van der Waals surface area contributed by atoms with Gasteiger partial charge in [-0.3, -0.25) is 0 Å². The summed E-state index contributed by atoms with van der Waals surface area (Å²) < 4.78 is 11.5. The van der Waals surface area contributed by atoms with E-state index < -0.39 is 0 Å². The molecule has 1 aromatic carbocycles. The first-order valence-corrected chi connectivity index (χ1v) is 6.85. The van der Waals surface area contributed by atoms with Crippen molar-refractivity contribution in [2.24, 2.45) is 0 Å².